The molecule has 28 heavy (non-hydrogen) atoms. The number of methoxy groups -OCH3 is 1. The van der Waals surface area contributed by atoms with Gasteiger partial charge in [-0.3, -0.25) is 4.99 Å². The summed E-state index contributed by atoms with van der Waals surface area (Å²) in [6.45, 7) is 1.57. The normalized spacial score (nSPS) is 11.3. The SMILES string of the molecule is CN=C(NCCc1cnn(-c2ccccc2)c1)N(C)Cc1ccc(OC)cc1. The van der Waals surface area contributed by atoms with Crippen molar-refractivity contribution >= 4 is 5.96 Å². The quantitative estimate of drug-likeness (QED) is 0.508. The molecule has 0 radical (unpaired) electrons. The van der Waals surface area contributed by atoms with Crippen molar-refractivity contribution in [2.75, 3.05) is 27.7 Å². The van der Waals surface area contributed by atoms with Gasteiger partial charge in [-0.05, 0) is 41.8 Å². The predicted molar refractivity (Wildman–Crippen MR) is 113 cm³/mol. The van der Waals surface area contributed by atoms with Crippen LogP contribution in [0.3, 0.4) is 0 Å². The summed E-state index contributed by atoms with van der Waals surface area (Å²) in [5.41, 5.74) is 3.46. The summed E-state index contributed by atoms with van der Waals surface area (Å²) in [4.78, 5) is 6.49. The third-order valence-corrected chi connectivity index (χ3v) is 4.51. The van der Waals surface area contributed by atoms with Crippen LogP contribution in [0.5, 0.6) is 5.75 Å². The molecule has 0 amide bonds. The van der Waals surface area contributed by atoms with Crippen LogP contribution in [0.25, 0.3) is 5.69 Å². The van der Waals surface area contributed by atoms with Crippen LogP contribution in [-0.4, -0.2) is 48.4 Å². The lowest BCUT2D eigenvalue weighted by Gasteiger charge is -2.22. The van der Waals surface area contributed by atoms with Crippen molar-refractivity contribution < 1.29 is 4.74 Å². The van der Waals surface area contributed by atoms with Crippen LogP contribution in [0.4, 0.5) is 0 Å². The first kappa shape index (κ1) is 19.5. The second-order valence-corrected chi connectivity index (χ2v) is 6.56. The summed E-state index contributed by atoms with van der Waals surface area (Å²) in [6.07, 6.45) is 4.86. The fourth-order valence-electron chi connectivity index (χ4n) is 2.99. The van der Waals surface area contributed by atoms with E-state index in [-0.39, 0.29) is 0 Å². The lowest BCUT2D eigenvalue weighted by Crippen LogP contribution is -2.39. The minimum Gasteiger partial charge on any atom is -0.497 e. The Morgan fingerprint density at radius 3 is 2.54 bits per heavy atom. The van der Waals surface area contributed by atoms with Gasteiger partial charge < -0.3 is 15.0 Å². The van der Waals surface area contributed by atoms with E-state index < -0.39 is 0 Å². The lowest BCUT2D eigenvalue weighted by molar-refractivity contribution is 0.414. The van der Waals surface area contributed by atoms with Crippen LogP contribution >= 0.6 is 0 Å². The number of aliphatic imine (C=N–C) groups is 1. The van der Waals surface area contributed by atoms with Crippen molar-refractivity contribution in [2.24, 2.45) is 4.99 Å². The summed E-state index contributed by atoms with van der Waals surface area (Å²) < 4.78 is 7.11. The summed E-state index contributed by atoms with van der Waals surface area (Å²) in [6, 6.07) is 18.2. The summed E-state index contributed by atoms with van der Waals surface area (Å²) in [5, 5.41) is 7.87. The van der Waals surface area contributed by atoms with E-state index in [2.05, 4.69) is 38.6 Å². The molecule has 6 heteroatoms. The number of ether oxygens (including phenoxy) is 1. The van der Waals surface area contributed by atoms with E-state index in [1.54, 1.807) is 14.2 Å². The molecule has 0 aliphatic carbocycles. The second-order valence-electron chi connectivity index (χ2n) is 6.56. The van der Waals surface area contributed by atoms with Crippen molar-refractivity contribution in [3.8, 4) is 11.4 Å². The fourth-order valence-corrected chi connectivity index (χ4v) is 2.99. The highest BCUT2D eigenvalue weighted by atomic mass is 16.5. The minimum atomic E-state index is 0.773. The van der Waals surface area contributed by atoms with Gasteiger partial charge in [0.2, 0.25) is 0 Å². The van der Waals surface area contributed by atoms with Crippen molar-refractivity contribution in [2.45, 2.75) is 13.0 Å². The Kier molecular flexibility index (Phi) is 6.68. The molecule has 2 aromatic carbocycles. The number of rotatable bonds is 7. The Balaban J connectivity index is 1.50. The van der Waals surface area contributed by atoms with E-state index >= 15 is 0 Å². The predicted octanol–water partition coefficient (Wildman–Crippen LogP) is 3.13. The Morgan fingerprint density at radius 2 is 1.86 bits per heavy atom. The van der Waals surface area contributed by atoms with Gasteiger partial charge >= 0.3 is 0 Å². The average Bonchev–Trinajstić information content (AvgIpc) is 3.21. The van der Waals surface area contributed by atoms with Crippen molar-refractivity contribution in [1.29, 1.82) is 0 Å². The molecular formula is C22H27N5O. The molecule has 1 N–H and O–H groups in total. The summed E-state index contributed by atoms with van der Waals surface area (Å²) in [7, 11) is 5.52. The fraction of sp³-hybridized carbons (Fsp3) is 0.273. The topological polar surface area (TPSA) is 54.7 Å². The molecular weight excluding hydrogens is 350 g/mol. The number of para-hydroxylation sites is 1. The molecule has 0 atom stereocenters. The molecule has 1 aromatic heterocycles. The van der Waals surface area contributed by atoms with Crippen LogP contribution in [-0.2, 0) is 13.0 Å². The molecule has 3 aromatic rings. The maximum absolute atomic E-state index is 5.21. The Morgan fingerprint density at radius 1 is 1.11 bits per heavy atom. The number of aromatic nitrogens is 2. The molecule has 0 fully saturated rings. The van der Waals surface area contributed by atoms with E-state index in [1.165, 1.54) is 11.1 Å². The third kappa shape index (κ3) is 5.13. The molecule has 0 spiro atoms. The smallest absolute Gasteiger partial charge is 0.193 e. The van der Waals surface area contributed by atoms with E-state index in [0.29, 0.717) is 0 Å². The van der Waals surface area contributed by atoms with Crippen molar-refractivity contribution in [3.05, 3.63) is 78.1 Å². The molecule has 0 saturated heterocycles. The van der Waals surface area contributed by atoms with E-state index in [9.17, 15) is 0 Å². The molecule has 0 bridgehead atoms. The van der Waals surface area contributed by atoms with Gasteiger partial charge in [-0.15, -0.1) is 0 Å². The zero-order chi connectivity index (χ0) is 19.8. The standard InChI is InChI=1S/C22H27N5O/c1-23-22(26(2)16-18-9-11-21(28-3)12-10-18)24-14-13-19-15-25-27(17-19)20-7-5-4-6-8-20/h4-12,15,17H,13-14,16H2,1-3H3,(H,23,24). The van der Waals surface area contributed by atoms with E-state index in [0.717, 1.165) is 36.9 Å². The van der Waals surface area contributed by atoms with Crippen LogP contribution in [0.1, 0.15) is 11.1 Å². The van der Waals surface area contributed by atoms with Gasteiger partial charge in [0.15, 0.2) is 5.96 Å². The van der Waals surface area contributed by atoms with Gasteiger partial charge in [-0.25, -0.2) is 4.68 Å². The van der Waals surface area contributed by atoms with E-state index in [1.807, 2.05) is 60.4 Å². The maximum Gasteiger partial charge on any atom is 0.193 e. The first-order valence-electron chi connectivity index (χ1n) is 9.33. The molecule has 1 heterocycles. The molecule has 0 unspecified atom stereocenters. The minimum absolute atomic E-state index is 0.773. The van der Waals surface area contributed by atoms with Gasteiger partial charge in [0, 0.05) is 33.4 Å². The van der Waals surface area contributed by atoms with Gasteiger partial charge in [0.25, 0.3) is 0 Å². The summed E-state index contributed by atoms with van der Waals surface area (Å²) in [5.74, 6) is 1.73. The number of guanidine groups is 1. The largest absolute Gasteiger partial charge is 0.497 e. The van der Waals surface area contributed by atoms with Gasteiger partial charge in [0.1, 0.15) is 5.75 Å². The molecule has 0 aliphatic heterocycles. The van der Waals surface area contributed by atoms with Gasteiger partial charge in [-0.2, -0.15) is 5.10 Å². The zero-order valence-corrected chi connectivity index (χ0v) is 16.7. The summed E-state index contributed by atoms with van der Waals surface area (Å²) >= 11 is 0. The lowest BCUT2D eigenvalue weighted by atomic mass is 10.2. The zero-order valence-electron chi connectivity index (χ0n) is 16.7. The Labute approximate surface area is 166 Å². The van der Waals surface area contributed by atoms with Crippen LogP contribution in [0.15, 0.2) is 72.0 Å². The Bertz CT molecular complexity index is 887. The first-order chi connectivity index (χ1) is 13.7. The monoisotopic (exact) mass is 377 g/mol. The molecule has 146 valence electrons. The molecule has 0 saturated carbocycles. The number of hydrogen-bond acceptors (Lipinski definition) is 3. The molecule has 3 rings (SSSR count). The number of nitrogens with zero attached hydrogens (tertiary/aromatic N) is 4. The van der Waals surface area contributed by atoms with Gasteiger partial charge in [-0.1, -0.05) is 30.3 Å². The average molecular weight is 377 g/mol. The Hall–Kier alpha value is -3.28. The van der Waals surface area contributed by atoms with Crippen molar-refractivity contribution in [3.63, 3.8) is 0 Å². The highest BCUT2D eigenvalue weighted by Crippen LogP contribution is 2.12. The maximum atomic E-state index is 5.21. The van der Waals surface area contributed by atoms with Crippen LogP contribution < -0.4 is 10.1 Å². The number of nitrogens with one attached hydrogen (secondary N) is 1. The molecule has 0 aliphatic rings. The van der Waals surface area contributed by atoms with Crippen molar-refractivity contribution in [1.82, 2.24) is 20.0 Å². The van der Waals surface area contributed by atoms with E-state index in [4.69, 9.17) is 4.74 Å². The highest BCUT2D eigenvalue weighted by molar-refractivity contribution is 5.79. The number of hydrogen-bond donors (Lipinski definition) is 1. The number of benzene rings is 2. The second kappa shape index (κ2) is 9.60. The highest BCUT2D eigenvalue weighted by Gasteiger charge is 2.07. The van der Waals surface area contributed by atoms with Crippen LogP contribution in [0, 0.1) is 0 Å². The third-order valence-electron chi connectivity index (χ3n) is 4.51. The first-order valence-corrected chi connectivity index (χ1v) is 9.33. The molecule has 6 nitrogen and oxygen atoms in total. The van der Waals surface area contributed by atoms with Crippen LogP contribution in [0.2, 0.25) is 0 Å². The van der Waals surface area contributed by atoms with Gasteiger partial charge in [0.05, 0.1) is 19.0 Å².